The van der Waals surface area contributed by atoms with E-state index in [-0.39, 0.29) is 5.43 Å². The number of nitrogens with zero attached hydrogens (tertiary/aromatic N) is 3. The molecule has 0 aliphatic carbocycles. The fraction of sp³-hybridized carbons (Fsp3) is 0. The zero-order valence-corrected chi connectivity index (χ0v) is 9.29. The van der Waals surface area contributed by atoms with E-state index in [0.717, 1.165) is 11.0 Å². The molecule has 0 bridgehead atoms. The third kappa shape index (κ3) is 1.50. The van der Waals surface area contributed by atoms with Crippen molar-refractivity contribution in [1.82, 2.24) is 4.98 Å². The molecule has 3 rings (SSSR count). The molecule has 86 valence electrons. The van der Waals surface area contributed by atoms with E-state index in [0.29, 0.717) is 16.5 Å². The Morgan fingerprint density at radius 3 is 2.67 bits per heavy atom. The van der Waals surface area contributed by atoms with Gasteiger partial charge in [-0.3, -0.25) is 4.79 Å². The lowest BCUT2D eigenvalue weighted by atomic mass is 10.1. The topological polar surface area (TPSA) is 81.6 Å². The zero-order valence-electron chi connectivity index (χ0n) is 9.29. The van der Waals surface area contributed by atoms with Crippen molar-refractivity contribution in [3.63, 3.8) is 0 Å². The number of benzene rings is 2. The molecule has 0 saturated heterocycles. The summed E-state index contributed by atoms with van der Waals surface area (Å²) in [6, 6.07) is 12.3. The van der Waals surface area contributed by atoms with E-state index in [9.17, 15) is 4.79 Å². The van der Waals surface area contributed by atoms with Crippen LogP contribution in [0.25, 0.3) is 32.2 Å². The van der Waals surface area contributed by atoms with Crippen molar-refractivity contribution in [2.75, 3.05) is 0 Å². The molecule has 0 atom stereocenters. The first kappa shape index (κ1) is 10.4. The summed E-state index contributed by atoms with van der Waals surface area (Å²) in [6.45, 7) is 0. The van der Waals surface area contributed by atoms with Gasteiger partial charge in [0.25, 0.3) is 0 Å². The van der Waals surface area contributed by atoms with Crippen LogP contribution in [0.4, 0.5) is 5.69 Å². The lowest BCUT2D eigenvalue weighted by molar-refractivity contribution is 1.45. The van der Waals surface area contributed by atoms with Gasteiger partial charge in [0, 0.05) is 32.4 Å². The minimum atomic E-state index is -0.0608. The minimum Gasteiger partial charge on any atom is -0.354 e. The van der Waals surface area contributed by atoms with Crippen LogP contribution in [-0.2, 0) is 0 Å². The van der Waals surface area contributed by atoms with Crippen LogP contribution in [0.2, 0.25) is 0 Å². The Kier molecular flexibility index (Phi) is 2.25. The van der Waals surface area contributed by atoms with Crippen LogP contribution in [0.1, 0.15) is 0 Å². The Bertz CT molecular complexity index is 860. The predicted molar refractivity (Wildman–Crippen MR) is 70.9 cm³/mol. The quantitative estimate of drug-likeness (QED) is 0.297. The number of aromatic nitrogens is 1. The average Bonchev–Trinajstić information content (AvgIpc) is 2.40. The maximum absolute atomic E-state index is 12.3. The summed E-state index contributed by atoms with van der Waals surface area (Å²) in [7, 11) is 0. The third-order valence-corrected chi connectivity index (χ3v) is 2.85. The summed E-state index contributed by atoms with van der Waals surface area (Å²) in [5.74, 6) is 0. The minimum absolute atomic E-state index is 0.0608. The first-order chi connectivity index (χ1) is 8.79. The van der Waals surface area contributed by atoms with Crippen molar-refractivity contribution in [3.8, 4) is 0 Å². The Balaban J connectivity index is 2.49. The molecule has 1 heterocycles. The second-order valence-electron chi connectivity index (χ2n) is 3.92. The molecule has 0 saturated carbocycles. The number of aromatic amines is 1. The molecule has 0 spiro atoms. The molecule has 3 aromatic rings. The largest absolute Gasteiger partial charge is 0.354 e. The van der Waals surface area contributed by atoms with Gasteiger partial charge in [-0.15, -0.1) is 0 Å². The summed E-state index contributed by atoms with van der Waals surface area (Å²) < 4.78 is 0. The highest BCUT2D eigenvalue weighted by atomic mass is 16.1. The van der Waals surface area contributed by atoms with Gasteiger partial charge >= 0.3 is 0 Å². The molecule has 0 aliphatic rings. The third-order valence-electron chi connectivity index (χ3n) is 2.85. The van der Waals surface area contributed by atoms with Crippen molar-refractivity contribution in [1.29, 1.82) is 0 Å². The number of H-pyrrole nitrogens is 1. The maximum atomic E-state index is 12.3. The Morgan fingerprint density at radius 1 is 1.06 bits per heavy atom. The summed E-state index contributed by atoms with van der Waals surface area (Å²) in [5.41, 5.74) is 10.3. The number of rotatable bonds is 1. The SMILES string of the molecule is [N-]=[N+]=Nc1ccc2[nH]c3ccccc3c(=O)c2c1. The van der Waals surface area contributed by atoms with Gasteiger partial charge < -0.3 is 4.98 Å². The van der Waals surface area contributed by atoms with Crippen molar-refractivity contribution in [3.05, 3.63) is 63.1 Å². The number of azide groups is 1. The van der Waals surface area contributed by atoms with Gasteiger partial charge in [-0.25, -0.2) is 0 Å². The van der Waals surface area contributed by atoms with Crippen molar-refractivity contribution in [2.24, 2.45) is 5.11 Å². The molecular weight excluding hydrogens is 228 g/mol. The molecule has 2 aromatic carbocycles. The smallest absolute Gasteiger partial charge is 0.197 e. The summed E-state index contributed by atoms with van der Waals surface area (Å²) in [4.78, 5) is 18.2. The molecule has 0 radical (unpaired) electrons. The molecule has 0 fully saturated rings. The fourth-order valence-electron chi connectivity index (χ4n) is 2.02. The van der Waals surface area contributed by atoms with Crippen LogP contribution in [-0.4, -0.2) is 4.98 Å². The van der Waals surface area contributed by atoms with Crippen LogP contribution in [0.15, 0.2) is 52.4 Å². The Labute approximate surface area is 101 Å². The van der Waals surface area contributed by atoms with Gasteiger partial charge in [0.1, 0.15) is 0 Å². The van der Waals surface area contributed by atoms with E-state index < -0.39 is 0 Å². The van der Waals surface area contributed by atoms with Crippen LogP contribution in [0.3, 0.4) is 0 Å². The van der Waals surface area contributed by atoms with Crippen LogP contribution in [0.5, 0.6) is 0 Å². The summed E-state index contributed by atoms with van der Waals surface area (Å²) in [5, 5.41) is 4.66. The van der Waals surface area contributed by atoms with Crippen LogP contribution >= 0.6 is 0 Å². The highest BCUT2D eigenvalue weighted by Crippen LogP contribution is 2.20. The number of para-hydroxylation sites is 1. The second kappa shape index (κ2) is 3.91. The lowest BCUT2D eigenvalue weighted by Gasteiger charge is -2.02. The fourth-order valence-corrected chi connectivity index (χ4v) is 2.02. The molecule has 0 unspecified atom stereocenters. The maximum Gasteiger partial charge on any atom is 0.197 e. The van der Waals surface area contributed by atoms with E-state index in [1.807, 2.05) is 18.2 Å². The van der Waals surface area contributed by atoms with Crippen molar-refractivity contribution >= 4 is 27.5 Å². The first-order valence-electron chi connectivity index (χ1n) is 5.39. The van der Waals surface area contributed by atoms with E-state index in [4.69, 9.17) is 5.53 Å². The average molecular weight is 236 g/mol. The van der Waals surface area contributed by atoms with E-state index >= 15 is 0 Å². The van der Waals surface area contributed by atoms with E-state index in [1.165, 1.54) is 0 Å². The van der Waals surface area contributed by atoms with Gasteiger partial charge in [-0.05, 0) is 29.8 Å². The molecule has 1 aromatic heterocycles. The molecule has 5 nitrogen and oxygen atoms in total. The number of nitrogens with one attached hydrogen (secondary N) is 1. The number of fused-ring (bicyclic) bond motifs is 2. The van der Waals surface area contributed by atoms with Gasteiger partial charge in [0.05, 0.1) is 0 Å². The van der Waals surface area contributed by atoms with Gasteiger partial charge in [0.2, 0.25) is 0 Å². The van der Waals surface area contributed by atoms with Crippen LogP contribution in [0, 0.1) is 0 Å². The lowest BCUT2D eigenvalue weighted by Crippen LogP contribution is -2.03. The number of hydrogen-bond donors (Lipinski definition) is 1. The molecule has 0 aliphatic heterocycles. The monoisotopic (exact) mass is 236 g/mol. The van der Waals surface area contributed by atoms with Crippen LogP contribution < -0.4 is 5.43 Å². The number of pyridine rings is 1. The molecule has 18 heavy (non-hydrogen) atoms. The molecular formula is C13H8N4O. The Hall–Kier alpha value is -2.78. The van der Waals surface area contributed by atoms with Crippen molar-refractivity contribution < 1.29 is 0 Å². The van der Waals surface area contributed by atoms with Gasteiger partial charge in [0.15, 0.2) is 5.43 Å². The highest BCUT2D eigenvalue weighted by Gasteiger charge is 2.04. The Morgan fingerprint density at radius 2 is 1.83 bits per heavy atom. The van der Waals surface area contributed by atoms with Gasteiger partial charge in [-0.2, -0.15) is 0 Å². The van der Waals surface area contributed by atoms with E-state index in [1.54, 1.807) is 24.3 Å². The molecule has 0 amide bonds. The predicted octanol–water partition coefficient (Wildman–Crippen LogP) is 3.62. The van der Waals surface area contributed by atoms with Crippen molar-refractivity contribution in [2.45, 2.75) is 0 Å². The summed E-state index contributed by atoms with van der Waals surface area (Å²) >= 11 is 0. The highest BCUT2D eigenvalue weighted by molar-refractivity contribution is 5.93. The molecule has 1 N–H and O–H groups in total. The normalized spacial score (nSPS) is 10.4. The van der Waals surface area contributed by atoms with E-state index in [2.05, 4.69) is 15.0 Å². The zero-order chi connectivity index (χ0) is 12.5. The first-order valence-corrected chi connectivity index (χ1v) is 5.39. The molecule has 5 heteroatoms. The number of hydrogen-bond acceptors (Lipinski definition) is 2. The summed E-state index contributed by atoms with van der Waals surface area (Å²) in [6.07, 6.45) is 0. The van der Waals surface area contributed by atoms with Gasteiger partial charge in [-0.1, -0.05) is 23.3 Å². The second-order valence-corrected chi connectivity index (χ2v) is 3.92. The standard InChI is InChI=1S/C13H8N4O/c14-17-16-8-5-6-12-10(7-8)13(18)9-3-1-2-4-11(9)15-12/h1-7H,(H,15,18).